The van der Waals surface area contributed by atoms with Crippen LogP contribution in [0.25, 0.3) is 5.57 Å². The molecule has 0 saturated heterocycles. The number of fused-ring (bicyclic) bond motifs is 1. The number of carbonyl (C=O) groups excluding carboxylic acids is 1. The number of rotatable bonds is 4. The first-order chi connectivity index (χ1) is 14.3. The smallest absolute Gasteiger partial charge is 0.337 e. The van der Waals surface area contributed by atoms with E-state index in [9.17, 15) is 14.7 Å². The molecular weight excluding hydrogens is 378 g/mol. The summed E-state index contributed by atoms with van der Waals surface area (Å²) < 4.78 is 0. The number of nitrogens with two attached hydrogens (primary N) is 1. The summed E-state index contributed by atoms with van der Waals surface area (Å²) in [6, 6.07) is 10.1. The van der Waals surface area contributed by atoms with Crippen molar-refractivity contribution in [2.75, 3.05) is 5.73 Å². The van der Waals surface area contributed by atoms with Crippen molar-refractivity contribution in [2.24, 2.45) is 0 Å². The van der Waals surface area contributed by atoms with Crippen LogP contribution in [0.4, 0.5) is 5.69 Å². The molecule has 6 heteroatoms. The van der Waals surface area contributed by atoms with Crippen molar-refractivity contribution in [1.29, 1.82) is 0 Å². The zero-order valence-electron chi connectivity index (χ0n) is 16.7. The third-order valence-corrected chi connectivity index (χ3v) is 5.57. The molecule has 0 bridgehead atoms. The highest BCUT2D eigenvalue weighted by molar-refractivity contribution is 6.14. The summed E-state index contributed by atoms with van der Waals surface area (Å²) in [5.74, 6) is -1.48. The number of para-hydroxylation sites is 1. The maximum absolute atomic E-state index is 13.2. The number of carbonyl (C=O) groups is 2. The number of nitrogens with zero attached hydrogens (tertiary/aromatic N) is 2. The summed E-state index contributed by atoms with van der Waals surface area (Å²) in [5, 5.41) is 9.31. The molecule has 0 radical (unpaired) electrons. The molecule has 1 aromatic heterocycles. The zero-order chi connectivity index (χ0) is 21.5. The fourth-order valence-corrected chi connectivity index (χ4v) is 3.89. The largest absolute Gasteiger partial charge is 0.478 e. The van der Waals surface area contributed by atoms with E-state index in [1.165, 1.54) is 18.5 Å². The Kier molecular flexibility index (Phi) is 4.70. The Balaban J connectivity index is 1.84. The Morgan fingerprint density at radius 1 is 1.07 bits per heavy atom. The number of anilines is 1. The number of hydrogen-bond donors (Lipinski definition) is 2. The maximum atomic E-state index is 13.2. The van der Waals surface area contributed by atoms with Gasteiger partial charge in [0.1, 0.15) is 6.33 Å². The molecule has 6 nitrogen and oxygen atoms in total. The molecule has 4 rings (SSSR count). The van der Waals surface area contributed by atoms with E-state index in [1.54, 1.807) is 24.5 Å². The van der Waals surface area contributed by atoms with Crippen LogP contribution in [0.2, 0.25) is 0 Å². The molecule has 30 heavy (non-hydrogen) atoms. The van der Waals surface area contributed by atoms with Gasteiger partial charge in [0.2, 0.25) is 0 Å². The van der Waals surface area contributed by atoms with Crippen molar-refractivity contribution in [3.8, 4) is 0 Å². The molecule has 3 N–H and O–H groups in total. The molecule has 1 aliphatic carbocycles. The molecule has 0 amide bonds. The molecule has 150 valence electrons. The van der Waals surface area contributed by atoms with Crippen LogP contribution < -0.4 is 5.73 Å². The number of benzene rings is 2. The second-order valence-electron chi connectivity index (χ2n) is 7.99. The predicted molar refractivity (Wildman–Crippen MR) is 114 cm³/mol. The average Bonchev–Trinajstić information content (AvgIpc) is 2.73. The fraction of sp³-hybridized carbons (Fsp3) is 0.167. The summed E-state index contributed by atoms with van der Waals surface area (Å²) in [5.41, 5.74) is 10.4. The van der Waals surface area contributed by atoms with Crippen molar-refractivity contribution in [3.05, 3.63) is 94.6 Å². The number of aromatic nitrogens is 2. The van der Waals surface area contributed by atoms with Gasteiger partial charge in [-0.25, -0.2) is 14.8 Å². The van der Waals surface area contributed by atoms with Gasteiger partial charge in [-0.2, -0.15) is 0 Å². The number of ketones is 1. The quantitative estimate of drug-likeness (QED) is 0.505. The molecule has 2 aromatic carbocycles. The normalized spacial score (nSPS) is 14.5. The lowest BCUT2D eigenvalue weighted by Gasteiger charge is -2.32. The third-order valence-electron chi connectivity index (χ3n) is 5.57. The highest BCUT2D eigenvalue weighted by atomic mass is 16.4. The Hall–Kier alpha value is -3.80. The van der Waals surface area contributed by atoms with Crippen LogP contribution in [0.15, 0.2) is 61.2 Å². The van der Waals surface area contributed by atoms with Gasteiger partial charge in [0.05, 0.1) is 11.3 Å². The second kappa shape index (κ2) is 7.22. The van der Waals surface area contributed by atoms with Crippen LogP contribution in [0, 0.1) is 0 Å². The molecule has 1 aliphatic rings. The molecule has 0 atom stereocenters. The number of carboxylic acid groups (broad SMARTS) is 1. The Morgan fingerprint density at radius 2 is 1.77 bits per heavy atom. The van der Waals surface area contributed by atoms with Crippen LogP contribution in [0.3, 0.4) is 0 Å². The van der Waals surface area contributed by atoms with Crippen molar-refractivity contribution in [2.45, 2.75) is 25.7 Å². The fourth-order valence-electron chi connectivity index (χ4n) is 3.89. The molecule has 0 spiro atoms. The molecule has 0 aliphatic heterocycles. The Morgan fingerprint density at radius 3 is 2.47 bits per heavy atom. The van der Waals surface area contributed by atoms with Crippen LogP contribution in [-0.2, 0) is 5.41 Å². The van der Waals surface area contributed by atoms with Gasteiger partial charge in [0.15, 0.2) is 5.78 Å². The number of aromatic carboxylic acids is 1. The van der Waals surface area contributed by atoms with Crippen molar-refractivity contribution >= 4 is 23.0 Å². The predicted octanol–water partition coefficient (Wildman–Crippen LogP) is 4.10. The van der Waals surface area contributed by atoms with Gasteiger partial charge in [-0.15, -0.1) is 0 Å². The lowest BCUT2D eigenvalue weighted by molar-refractivity contribution is 0.0698. The highest BCUT2D eigenvalue weighted by Gasteiger charge is 2.30. The summed E-state index contributed by atoms with van der Waals surface area (Å²) in [4.78, 5) is 32.8. The van der Waals surface area contributed by atoms with Crippen molar-refractivity contribution in [3.63, 3.8) is 0 Å². The van der Waals surface area contributed by atoms with E-state index in [0.29, 0.717) is 5.56 Å². The van der Waals surface area contributed by atoms with Crippen LogP contribution >= 0.6 is 0 Å². The summed E-state index contributed by atoms with van der Waals surface area (Å²) in [6.07, 6.45) is 7.99. The van der Waals surface area contributed by atoms with Crippen LogP contribution in [0.5, 0.6) is 0 Å². The van der Waals surface area contributed by atoms with Crippen LogP contribution in [0.1, 0.15) is 63.2 Å². The first-order valence-electron chi connectivity index (χ1n) is 9.56. The third kappa shape index (κ3) is 3.26. The molecular formula is C24H21N3O3. The maximum Gasteiger partial charge on any atom is 0.337 e. The summed E-state index contributed by atoms with van der Waals surface area (Å²) >= 11 is 0. The van der Waals surface area contributed by atoms with E-state index in [-0.39, 0.29) is 28.0 Å². The lowest BCUT2D eigenvalue weighted by atomic mass is 9.72. The van der Waals surface area contributed by atoms with Gasteiger partial charge in [0.25, 0.3) is 0 Å². The minimum Gasteiger partial charge on any atom is -0.478 e. The Bertz CT molecular complexity index is 1200. The van der Waals surface area contributed by atoms with E-state index in [2.05, 4.69) is 29.9 Å². The van der Waals surface area contributed by atoms with E-state index < -0.39 is 5.97 Å². The second-order valence-corrected chi connectivity index (χ2v) is 7.99. The van der Waals surface area contributed by atoms with Gasteiger partial charge in [-0.1, -0.05) is 38.1 Å². The Labute approximate surface area is 174 Å². The topological polar surface area (TPSA) is 106 Å². The molecule has 0 saturated carbocycles. The number of hydrogen-bond acceptors (Lipinski definition) is 5. The van der Waals surface area contributed by atoms with Crippen molar-refractivity contribution in [1.82, 2.24) is 9.97 Å². The highest BCUT2D eigenvalue weighted by Crippen LogP contribution is 2.41. The number of nitrogen functional groups attached to an aromatic ring is 1. The van der Waals surface area contributed by atoms with E-state index in [4.69, 9.17) is 5.73 Å². The van der Waals surface area contributed by atoms with E-state index >= 15 is 0 Å². The lowest BCUT2D eigenvalue weighted by Crippen LogP contribution is -2.22. The van der Waals surface area contributed by atoms with Gasteiger partial charge in [-0.3, -0.25) is 4.79 Å². The SMILES string of the molecule is CC1(C)CC=C(c2cncnc2)c2cc(C(=O)c3cccc(C(=O)O)c3N)ccc21. The first kappa shape index (κ1) is 19.5. The van der Waals surface area contributed by atoms with Gasteiger partial charge in [-0.05, 0) is 46.7 Å². The number of carboxylic acids is 1. The molecule has 1 heterocycles. The van der Waals surface area contributed by atoms with E-state index in [0.717, 1.165) is 28.7 Å². The standard InChI is InChI=1S/C24H21N3O3/c1-24(2)9-8-16(15-11-26-13-27-12-15)19-10-14(6-7-20(19)24)22(28)17-4-3-5-18(21(17)25)23(29)30/h3-8,10-13H,9,25H2,1-2H3,(H,29,30). The molecule has 0 unspecified atom stereocenters. The first-order valence-corrected chi connectivity index (χ1v) is 9.56. The minimum atomic E-state index is -1.16. The molecule has 0 fully saturated rings. The molecule has 3 aromatic rings. The van der Waals surface area contributed by atoms with Gasteiger partial charge < -0.3 is 10.8 Å². The number of allylic oxidation sites excluding steroid dienone is 1. The van der Waals surface area contributed by atoms with Gasteiger partial charge in [0, 0.05) is 29.1 Å². The van der Waals surface area contributed by atoms with Crippen molar-refractivity contribution < 1.29 is 14.7 Å². The summed E-state index contributed by atoms with van der Waals surface area (Å²) in [7, 11) is 0. The van der Waals surface area contributed by atoms with Crippen LogP contribution in [-0.4, -0.2) is 26.8 Å². The minimum absolute atomic E-state index is 0.0275. The monoisotopic (exact) mass is 399 g/mol. The zero-order valence-corrected chi connectivity index (χ0v) is 16.7. The average molecular weight is 399 g/mol. The van der Waals surface area contributed by atoms with Gasteiger partial charge >= 0.3 is 5.97 Å². The summed E-state index contributed by atoms with van der Waals surface area (Å²) in [6.45, 7) is 4.33. The van der Waals surface area contributed by atoms with E-state index in [1.807, 2.05) is 12.1 Å².